The molecule has 0 spiro atoms. The van der Waals surface area contributed by atoms with Gasteiger partial charge in [-0.25, -0.2) is 0 Å². The fourth-order valence-electron chi connectivity index (χ4n) is 3.31. The van der Waals surface area contributed by atoms with Crippen LogP contribution in [0.2, 0.25) is 0 Å². The molecule has 1 saturated carbocycles. The van der Waals surface area contributed by atoms with Gasteiger partial charge in [0.2, 0.25) is 0 Å². The highest BCUT2D eigenvalue weighted by Crippen LogP contribution is 2.27. The zero-order valence-electron chi connectivity index (χ0n) is 13.7. The van der Waals surface area contributed by atoms with Crippen molar-refractivity contribution in [1.82, 2.24) is 5.32 Å². The van der Waals surface area contributed by atoms with Gasteiger partial charge in [-0.1, -0.05) is 57.0 Å². The normalized spacial score (nSPS) is 18.8. The van der Waals surface area contributed by atoms with Gasteiger partial charge in [-0.05, 0) is 43.7 Å². The quantitative estimate of drug-likeness (QED) is 0.710. The van der Waals surface area contributed by atoms with Gasteiger partial charge in [0.25, 0.3) is 0 Å². The second-order valence-corrected chi connectivity index (χ2v) is 6.27. The van der Waals surface area contributed by atoms with Gasteiger partial charge in [0.1, 0.15) is 0 Å². The van der Waals surface area contributed by atoms with E-state index >= 15 is 0 Å². The van der Waals surface area contributed by atoms with Crippen LogP contribution in [0.4, 0.5) is 0 Å². The minimum Gasteiger partial charge on any atom is -0.376 e. The molecule has 0 bridgehead atoms. The van der Waals surface area contributed by atoms with Crippen LogP contribution in [0, 0.1) is 5.92 Å². The lowest BCUT2D eigenvalue weighted by atomic mass is 9.99. The largest absolute Gasteiger partial charge is 0.376 e. The summed E-state index contributed by atoms with van der Waals surface area (Å²) in [6, 6.07) is 11.1. The van der Waals surface area contributed by atoms with Gasteiger partial charge in [-0.15, -0.1) is 0 Å². The van der Waals surface area contributed by atoms with Crippen LogP contribution in [0.3, 0.4) is 0 Å². The van der Waals surface area contributed by atoms with E-state index in [9.17, 15) is 0 Å². The van der Waals surface area contributed by atoms with Crippen molar-refractivity contribution in [3.8, 4) is 0 Å². The molecule has 0 radical (unpaired) electrons. The highest BCUT2D eigenvalue weighted by Gasteiger charge is 2.24. The van der Waals surface area contributed by atoms with E-state index in [4.69, 9.17) is 4.74 Å². The third-order valence-electron chi connectivity index (χ3n) is 4.57. The Morgan fingerprint density at radius 2 is 1.86 bits per heavy atom. The van der Waals surface area contributed by atoms with E-state index in [0.29, 0.717) is 6.04 Å². The Kier molecular flexibility index (Phi) is 7.25. The first-order valence-electron chi connectivity index (χ1n) is 8.75. The molecule has 0 aliphatic heterocycles. The number of nitrogens with one attached hydrogen (secondary N) is 1. The van der Waals surface area contributed by atoms with Crippen LogP contribution in [0.25, 0.3) is 0 Å². The molecule has 2 heteroatoms. The van der Waals surface area contributed by atoms with Gasteiger partial charge in [0.15, 0.2) is 0 Å². The number of hydrogen-bond donors (Lipinski definition) is 1. The molecule has 1 aromatic rings. The van der Waals surface area contributed by atoms with Crippen LogP contribution >= 0.6 is 0 Å². The van der Waals surface area contributed by atoms with Crippen molar-refractivity contribution in [1.29, 1.82) is 0 Å². The van der Waals surface area contributed by atoms with Crippen molar-refractivity contribution in [2.45, 2.75) is 64.5 Å². The average Bonchev–Trinajstić information content (AvgIpc) is 3.05. The fraction of sp³-hybridized carbons (Fsp3) is 0.684. The molecular formula is C19H31NO. The highest BCUT2D eigenvalue weighted by molar-refractivity contribution is 5.20. The van der Waals surface area contributed by atoms with E-state index in [1.165, 1.54) is 31.2 Å². The van der Waals surface area contributed by atoms with Gasteiger partial charge in [0.05, 0.1) is 12.1 Å². The standard InChI is InChI=1S/C19H31NO/c1-3-14-20-19(17-12-6-5-7-13-17)18(4-2)21-15-16-10-8-9-11-16/h5-7,12-13,16,18-20H,3-4,8-11,14-15H2,1-2H3. The van der Waals surface area contributed by atoms with Crippen LogP contribution < -0.4 is 5.32 Å². The molecule has 1 aliphatic carbocycles. The van der Waals surface area contributed by atoms with Crippen molar-refractivity contribution in [2.75, 3.05) is 13.2 Å². The van der Waals surface area contributed by atoms with Gasteiger partial charge >= 0.3 is 0 Å². The van der Waals surface area contributed by atoms with Crippen LogP contribution in [-0.2, 0) is 4.74 Å². The molecule has 0 aromatic heterocycles. The number of rotatable bonds is 9. The minimum absolute atomic E-state index is 0.277. The van der Waals surface area contributed by atoms with Gasteiger partial charge in [-0.3, -0.25) is 0 Å². The molecule has 0 amide bonds. The molecule has 118 valence electrons. The smallest absolute Gasteiger partial charge is 0.0767 e. The Bertz CT molecular complexity index is 372. The highest BCUT2D eigenvalue weighted by atomic mass is 16.5. The van der Waals surface area contributed by atoms with Crippen LogP contribution in [0.15, 0.2) is 30.3 Å². The maximum atomic E-state index is 6.33. The summed E-state index contributed by atoms with van der Waals surface area (Å²) in [7, 11) is 0. The van der Waals surface area contributed by atoms with E-state index in [0.717, 1.165) is 31.9 Å². The molecule has 1 fully saturated rings. The predicted octanol–water partition coefficient (Wildman–Crippen LogP) is 4.71. The Labute approximate surface area is 130 Å². The van der Waals surface area contributed by atoms with Crippen molar-refractivity contribution in [3.63, 3.8) is 0 Å². The van der Waals surface area contributed by atoms with E-state index in [1.807, 2.05) is 0 Å². The molecule has 2 unspecified atom stereocenters. The van der Waals surface area contributed by atoms with Crippen molar-refractivity contribution < 1.29 is 4.74 Å². The third-order valence-corrected chi connectivity index (χ3v) is 4.57. The van der Waals surface area contributed by atoms with Crippen molar-refractivity contribution in [2.24, 2.45) is 5.92 Å². The summed E-state index contributed by atoms with van der Waals surface area (Å²) in [5.41, 5.74) is 1.35. The third kappa shape index (κ3) is 5.12. The summed E-state index contributed by atoms with van der Waals surface area (Å²) >= 11 is 0. The maximum absolute atomic E-state index is 6.33. The molecule has 1 aliphatic rings. The molecule has 2 atom stereocenters. The Hall–Kier alpha value is -0.860. The van der Waals surface area contributed by atoms with Gasteiger partial charge in [-0.2, -0.15) is 0 Å². The average molecular weight is 289 g/mol. The van der Waals surface area contributed by atoms with Crippen LogP contribution in [0.1, 0.15) is 64.0 Å². The Morgan fingerprint density at radius 1 is 1.14 bits per heavy atom. The second kappa shape index (κ2) is 9.22. The summed E-state index contributed by atoms with van der Waals surface area (Å²) in [5, 5.41) is 3.69. The minimum atomic E-state index is 0.277. The maximum Gasteiger partial charge on any atom is 0.0767 e. The van der Waals surface area contributed by atoms with E-state index in [1.54, 1.807) is 0 Å². The molecule has 0 heterocycles. The number of ether oxygens (including phenoxy) is 1. The molecule has 2 nitrogen and oxygen atoms in total. The predicted molar refractivity (Wildman–Crippen MR) is 89.5 cm³/mol. The lowest BCUT2D eigenvalue weighted by molar-refractivity contribution is 0.00420. The lowest BCUT2D eigenvalue weighted by Gasteiger charge is -2.29. The SMILES string of the molecule is CCCNC(c1ccccc1)C(CC)OCC1CCCC1. The van der Waals surface area contributed by atoms with Crippen LogP contribution in [0.5, 0.6) is 0 Å². The van der Waals surface area contributed by atoms with Crippen molar-refractivity contribution in [3.05, 3.63) is 35.9 Å². The molecule has 2 rings (SSSR count). The second-order valence-electron chi connectivity index (χ2n) is 6.27. The van der Waals surface area contributed by atoms with E-state index in [-0.39, 0.29) is 6.10 Å². The molecular weight excluding hydrogens is 258 g/mol. The van der Waals surface area contributed by atoms with Crippen molar-refractivity contribution >= 4 is 0 Å². The fourth-order valence-corrected chi connectivity index (χ4v) is 3.31. The zero-order chi connectivity index (χ0) is 14.9. The van der Waals surface area contributed by atoms with Crippen LogP contribution in [-0.4, -0.2) is 19.3 Å². The number of benzene rings is 1. The summed E-state index contributed by atoms with van der Waals surface area (Å²) in [6.45, 7) is 6.44. The molecule has 1 N–H and O–H groups in total. The first-order chi connectivity index (χ1) is 10.3. The molecule has 0 saturated heterocycles. The monoisotopic (exact) mass is 289 g/mol. The first kappa shape index (κ1) is 16.5. The first-order valence-corrected chi connectivity index (χ1v) is 8.75. The van der Waals surface area contributed by atoms with Gasteiger partial charge in [0, 0.05) is 6.61 Å². The summed E-state index contributed by atoms with van der Waals surface area (Å²) < 4.78 is 6.33. The Balaban J connectivity index is 1.97. The lowest BCUT2D eigenvalue weighted by Crippen LogP contribution is -2.35. The number of hydrogen-bond acceptors (Lipinski definition) is 2. The molecule has 1 aromatic carbocycles. The topological polar surface area (TPSA) is 21.3 Å². The van der Waals surface area contributed by atoms with Gasteiger partial charge < -0.3 is 10.1 Å². The summed E-state index contributed by atoms with van der Waals surface area (Å²) in [6.07, 6.45) is 7.98. The van der Waals surface area contributed by atoms with E-state index < -0.39 is 0 Å². The Morgan fingerprint density at radius 3 is 2.48 bits per heavy atom. The van der Waals surface area contributed by atoms with E-state index in [2.05, 4.69) is 49.5 Å². The summed E-state index contributed by atoms with van der Waals surface area (Å²) in [5.74, 6) is 0.793. The zero-order valence-corrected chi connectivity index (χ0v) is 13.7. The summed E-state index contributed by atoms with van der Waals surface area (Å²) in [4.78, 5) is 0. The molecule has 21 heavy (non-hydrogen) atoms.